The van der Waals surface area contributed by atoms with Crippen LogP contribution in [0.3, 0.4) is 0 Å². The summed E-state index contributed by atoms with van der Waals surface area (Å²) in [5.74, 6) is 0.770. The highest BCUT2D eigenvalue weighted by Gasteiger charge is 2.30. The number of nitrogens with zero attached hydrogens (tertiary/aromatic N) is 2. The van der Waals surface area contributed by atoms with Crippen LogP contribution in [0.25, 0.3) is 0 Å². The highest BCUT2D eigenvalue weighted by Crippen LogP contribution is 2.29. The van der Waals surface area contributed by atoms with Crippen molar-refractivity contribution in [2.45, 2.75) is 32.0 Å². The van der Waals surface area contributed by atoms with Crippen LogP contribution in [0.5, 0.6) is 0 Å². The predicted molar refractivity (Wildman–Crippen MR) is 91.3 cm³/mol. The molecule has 0 radical (unpaired) electrons. The molecule has 2 fully saturated rings. The summed E-state index contributed by atoms with van der Waals surface area (Å²) in [6, 6.07) is 5.58. The number of ether oxygens (including phenoxy) is 1. The van der Waals surface area contributed by atoms with Crippen LogP contribution in [0.15, 0.2) is 24.3 Å². The van der Waals surface area contributed by atoms with Crippen molar-refractivity contribution in [3.63, 3.8) is 0 Å². The molecule has 140 valence electrons. The number of morpholine rings is 1. The van der Waals surface area contributed by atoms with Crippen molar-refractivity contribution in [1.29, 1.82) is 0 Å². The molecule has 1 aromatic rings. The van der Waals surface area contributed by atoms with Crippen LogP contribution in [0, 0.1) is 5.92 Å². The number of piperidine rings is 1. The third kappa shape index (κ3) is 5.69. The fourth-order valence-electron chi connectivity index (χ4n) is 3.68. The summed E-state index contributed by atoms with van der Waals surface area (Å²) in [6.07, 6.45) is -0.637. The van der Waals surface area contributed by atoms with Gasteiger partial charge in [-0.25, -0.2) is 0 Å². The van der Waals surface area contributed by atoms with Gasteiger partial charge in [0.05, 0.1) is 18.8 Å². The smallest absolute Gasteiger partial charge is 0.379 e. The summed E-state index contributed by atoms with van der Waals surface area (Å²) < 4.78 is 43.2. The van der Waals surface area contributed by atoms with E-state index in [4.69, 9.17) is 4.74 Å². The molecular weight excluding hydrogens is 329 g/mol. The Balaban J connectivity index is 1.38. The molecule has 0 aliphatic carbocycles. The molecule has 2 aliphatic heterocycles. The minimum Gasteiger partial charge on any atom is -0.379 e. The highest BCUT2D eigenvalue weighted by atomic mass is 19.4. The van der Waals surface area contributed by atoms with Gasteiger partial charge in [-0.3, -0.25) is 9.80 Å². The first-order valence-corrected chi connectivity index (χ1v) is 9.19. The van der Waals surface area contributed by atoms with Crippen molar-refractivity contribution in [3.05, 3.63) is 35.4 Å². The van der Waals surface area contributed by atoms with Gasteiger partial charge < -0.3 is 4.74 Å². The van der Waals surface area contributed by atoms with Gasteiger partial charge in [0.25, 0.3) is 0 Å². The lowest BCUT2D eigenvalue weighted by Gasteiger charge is -2.34. The molecule has 0 N–H and O–H groups in total. The molecule has 0 atom stereocenters. The van der Waals surface area contributed by atoms with Crippen LogP contribution >= 0.6 is 0 Å². The van der Waals surface area contributed by atoms with Crippen molar-refractivity contribution >= 4 is 0 Å². The molecule has 6 heteroatoms. The largest absolute Gasteiger partial charge is 0.416 e. The van der Waals surface area contributed by atoms with Crippen molar-refractivity contribution in [1.82, 2.24) is 9.80 Å². The zero-order valence-electron chi connectivity index (χ0n) is 14.6. The minimum atomic E-state index is -4.25. The zero-order valence-corrected chi connectivity index (χ0v) is 14.6. The van der Waals surface area contributed by atoms with Crippen LogP contribution in [0.4, 0.5) is 13.2 Å². The van der Waals surface area contributed by atoms with Crippen molar-refractivity contribution < 1.29 is 17.9 Å². The van der Waals surface area contributed by atoms with Crippen molar-refractivity contribution in [3.8, 4) is 0 Å². The number of hydrogen-bond acceptors (Lipinski definition) is 3. The topological polar surface area (TPSA) is 15.7 Å². The molecule has 3 nitrogen and oxygen atoms in total. The van der Waals surface area contributed by atoms with E-state index in [9.17, 15) is 13.2 Å². The molecule has 2 aliphatic rings. The Morgan fingerprint density at radius 2 is 1.56 bits per heavy atom. The van der Waals surface area contributed by atoms with Gasteiger partial charge in [-0.1, -0.05) is 12.1 Å². The molecule has 0 aromatic heterocycles. The summed E-state index contributed by atoms with van der Waals surface area (Å²) in [5.41, 5.74) is 0.387. The fourth-order valence-corrected chi connectivity index (χ4v) is 3.68. The fraction of sp³-hybridized carbons (Fsp3) is 0.684. The molecule has 0 spiro atoms. The van der Waals surface area contributed by atoms with E-state index < -0.39 is 11.7 Å². The maximum absolute atomic E-state index is 12.6. The Labute approximate surface area is 147 Å². The predicted octanol–water partition coefficient (Wildman–Crippen LogP) is 3.64. The van der Waals surface area contributed by atoms with E-state index in [-0.39, 0.29) is 0 Å². The summed E-state index contributed by atoms with van der Waals surface area (Å²) in [5, 5.41) is 0. The van der Waals surface area contributed by atoms with Gasteiger partial charge in [-0.2, -0.15) is 13.2 Å². The maximum Gasteiger partial charge on any atom is 0.416 e. The lowest BCUT2D eigenvalue weighted by atomic mass is 9.93. The second-order valence-corrected chi connectivity index (χ2v) is 7.16. The van der Waals surface area contributed by atoms with Gasteiger partial charge in [-0.05, 0) is 62.5 Å². The van der Waals surface area contributed by atoms with Gasteiger partial charge in [0.1, 0.15) is 0 Å². The Morgan fingerprint density at radius 1 is 0.920 bits per heavy atom. The first kappa shape index (κ1) is 18.7. The van der Waals surface area contributed by atoms with Gasteiger partial charge in [0, 0.05) is 19.6 Å². The SMILES string of the molecule is FC(F)(F)c1ccc(CN2CCC(CCN3CCOCC3)CC2)cc1. The number of alkyl halides is 3. The molecule has 0 saturated carbocycles. The normalized spacial score (nSPS) is 21.6. The first-order chi connectivity index (χ1) is 12.0. The van der Waals surface area contributed by atoms with Gasteiger partial charge in [0.15, 0.2) is 0 Å². The van der Waals surface area contributed by atoms with Gasteiger partial charge >= 0.3 is 6.18 Å². The molecule has 25 heavy (non-hydrogen) atoms. The molecule has 0 unspecified atom stereocenters. The molecule has 0 amide bonds. The average molecular weight is 356 g/mol. The Morgan fingerprint density at radius 3 is 2.16 bits per heavy atom. The zero-order chi connectivity index (χ0) is 17.7. The molecule has 1 aromatic carbocycles. The minimum absolute atomic E-state index is 0.571. The van der Waals surface area contributed by atoms with Crippen molar-refractivity contribution in [2.75, 3.05) is 45.9 Å². The summed E-state index contributed by atoms with van der Waals surface area (Å²) in [7, 11) is 0. The second-order valence-electron chi connectivity index (χ2n) is 7.16. The van der Waals surface area contributed by atoms with E-state index in [1.807, 2.05) is 0 Å². The molecular formula is C19H27F3N2O. The second kappa shape index (κ2) is 8.52. The van der Waals surface area contributed by atoms with E-state index in [0.29, 0.717) is 0 Å². The molecule has 2 saturated heterocycles. The van der Waals surface area contributed by atoms with E-state index in [2.05, 4.69) is 9.80 Å². The van der Waals surface area contributed by atoms with Crippen LogP contribution in [0.2, 0.25) is 0 Å². The quantitative estimate of drug-likeness (QED) is 0.801. The van der Waals surface area contributed by atoms with E-state index in [1.54, 1.807) is 12.1 Å². The lowest BCUT2D eigenvalue weighted by molar-refractivity contribution is -0.137. The molecule has 3 rings (SSSR count). The number of halogens is 3. The van der Waals surface area contributed by atoms with E-state index >= 15 is 0 Å². The maximum atomic E-state index is 12.6. The molecule has 0 bridgehead atoms. The van der Waals surface area contributed by atoms with E-state index in [1.165, 1.54) is 31.4 Å². The first-order valence-electron chi connectivity index (χ1n) is 9.19. The number of rotatable bonds is 5. The number of benzene rings is 1. The van der Waals surface area contributed by atoms with Gasteiger partial charge in [-0.15, -0.1) is 0 Å². The highest BCUT2D eigenvalue weighted by molar-refractivity contribution is 5.24. The van der Waals surface area contributed by atoms with Crippen LogP contribution in [-0.2, 0) is 17.5 Å². The third-order valence-electron chi connectivity index (χ3n) is 5.35. The Bertz CT molecular complexity index is 518. The summed E-state index contributed by atoms with van der Waals surface area (Å²) >= 11 is 0. The van der Waals surface area contributed by atoms with E-state index in [0.717, 1.165) is 64.0 Å². The Kier molecular flexibility index (Phi) is 6.36. The van der Waals surface area contributed by atoms with Crippen LogP contribution < -0.4 is 0 Å². The summed E-state index contributed by atoms with van der Waals surface area (Å²) in [4.78, 5) is 4.84. The Hall–Kier alpha value is -1.11. The summed E-state index contributed by atoms with van der Waals surface area (Å²) in [6.45, 7) is 7.78. The van der Waals surface area contributed by atoms with Gasteiger partial charge in [0.2, 0.25) is 0 Å². The number of hydrogen-bond donors (Lipinski definition) is 0. The van der Waals surface area contributed by atoms with Crippen molar-refractivity contribution in [2.24, 2.45) is 5.92 Å². The van der Waals surface area contributed by atoms with Crippen LogP contribution in [-0.4, -0.2) is 55.7 Å². The average Bonchev–Trinajstić information content (AvgIpc) is 2.62. The van der Waals surface area contributed by atoms with Crippen LogP contribution in [0.1, 0.15) is 30.4 Å². The number of likely N-dealkylation sites (tertiary alicyclic amines) is 1. The third-order valence-corrected chi connectivity index (χ3v) is 5.35. The standard InChI is InChI=1S/C19H27F3N2O/c20-19(21,22)18-3-1-17(2-4-18)15-24-9-6-16(7-10-24)5-8-23-11-13-25-14-12-23/h1-4,16H,5-15H2. The lowest BCUT2D eigenvalue weighted by Crippen LogP contribution is -2.39. The molecule has 2 heterocycles. The monoisotopic (exact) mass is 356 g/mol.